The Morgan fingerprint density at radius 1 is 1.19 bits per heavy atom. The number of aryl methyl sites for hydroxylation is 1. The number of rotatable bonds is 2. The minimum Gasteiger partial charge on any atom is -0.383 e. The zero-order chi connectivity index (χ0) is 14.8. The Morgan fingerprint density at radius 2 is 1.86 bits per heavy atom. The lowest BCUT2D eigenvalue weighted by molar-refractivity contribution is 0.579. The van der Waals surface area contributed by atoms with Gasteiger partial charge in [0.2, 0.25) is 5.95 Å². The van der Waals surface area contributed by atoms with E-state index in [0.717, 1.165) is 37.3 Å². The first kappa shape index (κ1) is 13.6. The van der Waals surface area contributed by atoms with Crippen LogP contribution in [0.4, 0.5) is 11.8 Å². The Kier molecular flexibility index (Phi) is 3.62. The number of H-pyrrole nitrogens is 1. The predicted molar refractivity (Wildman–Crippen MR) is 84.5 cm³/mol. The van der Waals surface area contributed by atoms with Crippen LogP contribution >= 0.6 is 0 Å². The molecule has 6 nitrogen and oxygen atoms in total. The summed E-state index contributed by atoms with van der Waals surface area (Å²) in [5.74, 6) is 0.825. The van der Waals surface area contributed by atoms with Crippen LogP contribution < -0.4 is 21.5 Å². The number of nitrogen functional groups attached to an aromatic ring is 1. The van der Waals surface area contributed by atoms with Crippen molar-refractivity contribution in [2.75, 3.05) is 36.8 Å². The van der Waals surface area contributed by atoms with Crippen LogP contribution in [0.3, 0.4) is 0 Å². The van der Waals surface area contributed by atoms with Gasteiger partial charge in [-0.3, -0.25) is 9.78 Å². The van der Waals surface area contributed by atoms with Gasteiger partial charge in [0.25, 0.3) is 5.56 Å². The number of hydrogen-bond acceptors (Lipinski definition) is 5. The first-order valence-electron chi connectivity index (χ1n) is 7.07. The van der Waals surface area contributed by atoms with Crippen LogP contribution in [0.1, 0.15) is 5.56 Å². The summed E-state index contributed by atoms with van der Waals surface area (Å²) in [5, 5.41) is 3.26. The number of nitrogens with one attached hydrogen (secondary N) is 2. The molecule has 1 aliphatic rings. The number of nitrogens with two attached hydrogens (primary N) is 1. The Hall–Kier alpha value is -2.34. The molecular formula is C15H19N5O. The van der Waals surface area contributed by atoms with Gasteiger partial charge in [-0.05, 0) is 12.5 Å². The molecule has 21 heavy (non-hydrogen) atoms. The molecule has 0 aliphatic carbocycles. The molecule has 1 aromatic carbocycles. The lowest BCUT2D eigenvalue weighted by atomic mass is 10.1. The lowest BCUT2D eigenvalue weighted by Gasteiger charge is -2.28. The first-order chi connectivity index (χ1) is 10.1. The molecule has 2 aromatic rings. The molecule has 0 amide bonds. The summed E-state index contributed by atoms with van der Waals surface area (Å²) in [6, 6.07) is 7.70. The first-order valence-corrected chi connectivity index (χ1v) is 7.07. The minimum atomic E-state index is -0.195. The topological polar surface area (TPSA) is 87.0 Å². The van der Waals surface area contributed by atoms with E-state index >= 15 is 0 Å². The van der Waals surface area contributed by atoms with Gasteiger partial charge in [-0.2, -0.15) is 4.98 Å². The van der Waals surface area contributed by atoms with E-state index in [0.29, 0.717) is 11.5 Å². The Labute approximate surface area is 123 Å². The maximum atomic E-state index is 12.4. The molecule has 1 aromatic heterocycles. The molecule has 0 unspecified atom stereocenters. The van der Waals surface area contributed by atoms with Gasteiger partial charge < -0.3 is 16.0 Å². The summed E-state index contributed by atoms with van der Waals surface area (Å²) in [6.45, 7) is 5.38. The highest BCUT2D eigenvalue weighted by Crippen LogP contribution is 2.22. The highest BCUT2D eigenvalue weighted by Gasteiger charge is 2.16. The van der Waals surface area contributed by atoms with Crippen LogP contribution in [0.2, 0.25) is 0 Å². The second kappa shape index (κ2) is 5.57. The van der Waals surface area contributed by atoms with E-state index in [2.05, 4.69) is 15.3 Å². The maximum Gasteiger partial charge on any atom is 0.262 e. The van der Waals surface area contributed by atoms with Crippen molar-refractivity contribution in [3.05, 3.63) is 40.2 Å². The molecule has 110 valence electrons. The Bertz CT molecular complexity index is 686. The molecule has 0 radical (unpaired) electrons. The number of piperazine rings is 1. The van der Waals surface area contributed by atoms with Crippen molar-refractivity contribution in [2.45, 2.75) is 6.92 Å². The van der Waals surface area contributed by atoms with Gasteiger partial charge in [-0.1, -0.05) is 29.8 Å². The van der Waals surface area contributed by atoms with Crippen molar-refractivity contribution in [2.24, 2.45) is 0 Å². The van der Waals surface area contributed by atoms with Crippen molar-refractivity contribution in [3.63, 3.8) is 0 Å². The SMILES string of the molecule is Cc1ccc(-c2c(N)nc(N3CCNCC3)[nH]c2=O)cc1. The molecule has 0 spiro atoms. The van der Waals surface area contributed by atoms with E-state index in [9.17, 15) is 4.79 Å². The Morgan fingerprint density at radius 3 is 2.48 bits per heavy atom. The molecule has 2 heterocycles. The molecule has 3 rings (SSSR count). The lowest BCUT2D eigenvalue weighted by Crippen LogP contribution is -2.44. The molecule has 1 aliphatic heterocycles. The average Bonchev–Trinajstić information content (AvgIpc) is 2.49. The fourth-order valence-electron chi connectivity index (χ4n) is 2.50. The molecule has 1 saturated heterocycles. The molecule has 6 heteroatoms. The molecule has 0 bridgehead atoms. The third-order valence-corrected chi connectivity index (χ3v) is 3.69. The van der Waals surface area contributed by atoms with Crippen molar-refractivity contribution >= 4 is 11.8 Å². The van der Waals surface area contributed by atoms with E-state index in [-0.39, 0.29) is 11.4 Å². The predicted octanol–water partition coefficient (Wildman–Crippen LogP) is 0.737. The van der Waals surface area contributed by atoms with Crippen LogP contribution in [-0.2, 0) is 0 Å². The Balaban J connectivity index is 2.00. The molecule has 1 fully saturated rings. The standard InChI is InChI=1S/C15H19N5O/c1-10-2-4-11(5-3-10)12-13(16)18-15(19-14(12)21)20-8-6-17-7-9-20/h2-5,17H,6-9H2,1H3,(H3,16,18,19,21). The van der Waals surface area contributed by atoms with Gasteiger partial charge in [0.15, 0.2) is 0 Å². The summed E-state index contributed by atoms with van der Waals surface area (Å²) in [4.78, 5) is 21.6. The van der Waals surface area contributed by atoms with Gasteiger partial charge in [0.05, 0.1) is 5.56 Å². The van der Waals surface area contributed by atoms with E-state index in [1.807, 2.05) is 36.1 Å². The molecule has 0 saturated carbocycles. The third kappa shape index (κ3) is 2.75. The normalized spacial score (nSPS) is 15.2. The van der Waals surface area contributed by atoms with Crippen molar-refractivity contribution in [3.8, 4) is 11.1 Å². The van der Waals surface area contributed by atoms with Crippen LogP contribution in [-0.4, -0.2) is 36.1 Å². The highest BCUT2D eigenvalue weighted by atomic mass is 16.1. The number of aromatic nitrogens is 2. The zero-order valence-electron chi connectivity index (χ0n) is 12.0. The second-order valence-corrected chi connectivity index (χ2v) is 5.25. The largest absolute Gasteiger partial charge is 0.383 e. The van der Waals surface area contributed by atoms with Crippen LogP contribution in [0.15, 0.2) is 29.1 Å². The second-order valence-electron chi connectivity index (χ2n) is 5.25. The summed E-state index contributed by atoms with van der Waals surface area (Å²) >= 11 is 0. The number of nitrogens with zero attached hydrogens (tertiary/aromatic N) is 2. The van der Waals surface area contributed by atoms with Crippen molar-refractivity contribution < 1.29 is 0 Å². The summed E-state index contributed by atoms with van der Waals surface area (Å²) in [7, 11) is 0. The fraction of sp³-hybridized carbons (Fsp3) is 0.333. The number of benzene rings is 1. The molecular weight excluding hydrogens is 266 g/mol. The van der Waals surface area contributed by atoms with Crippen molar-refractivity contribution in [1.82, 2.24) is 15.3 Å². The fourth-order valence-corrected chi connectivity index (χ4v) is 2.50. The third-order valence-electron chi connectivity index (χ3n) is 3.69. The van der Waals surface area contributed by atoms with Crippen LogP contribution in [0, 0.1) is 6.92 Å². The number of hydrogen-bond donors (Lipinski definition) is 3. The van der Waals surface area contributed by atoms with E-state index < -0.39 is 0 Å². The quantitative estimate of drug-likeness (QED) is 0.757. The van der Waals surface area contributed by atoms with Gasteiger partial charge >= 0.3 is 0 Å². The zero-order valence-corrected chi connectivity index (χ0v) is 12.0. The maximum absolute atomic E-state index is 12.4. The average molecular weight is 285 g/mol. The smallest absolute Gasteiger partial charge is 0.262 e. The van der Waals surface area contributed by atoms with Gasteiger partial charge in [0.1, 0.15) is 5.82 Å². The highest BCUT2D eigenvalue weighted by molar-refractivity contribution is 5.73. The summed E-state index contributed by atoms with van der Waals surface area (Å²) in [6.07, 6.45) is 0. The monoisotopic (exact) mass is 285 g/mol. The minimum absolute atomic E-state index is 0.195. The van der Waals surface area contributed by atoms with Gasteiger partial charge in [0, 0.05) is 26.2 Å². The van der Waals surface area contributed by atoms with E-state index in [1.165, 1.54) is 0 Å². The van der Waals surface area contributed by atoms with Crippen molar-refractivity contribution in [1.29, 1.82) is 0 Å². The summed E-state index contributed by atoms with van der Waals surface area (Å²) in [5.41, 5.74) is 8.20. The van der Waals surface area contributed by atoms with E-state index in [1.54, 1.807) is 0 Å². The van der Waals surface area contributed by atoms with Gasteiger partial charge in [-0.25, -0.2) is 0 Å². The number of aromatic amines is 1. The molecule has 0 atom stereocenters. The van der Waals surface area contributed by atoms with Crippen LogP contribution in [0.25, 0.3) is 11.1 Å². The number of anilines is 2. The summed E-state index contributed by atoms with van der Waals surface area (Å²) < 4.78 is 0. The van der Waals surface area contributed by atoms with Gasteiger partial charge in [-0.15, -0.1) is 0 Å². The van der Waals surface area contributed by atoms with E-state index in [4.69, 9.17) is 5.73 Å². The molecule has 4 N–H and O–H groups in total. The van der Waals surface area contributed by atoms with Crippen LogP contribution in [0.5, 0.6) is 0 Å².